The molecule has 0 bridgehead atoms. The van der Waals surface area contributed by atoms with Gasteiger partial charge >= 0.3 is 68.5 Å². The molecule has 0 saturated carbocycles. The van der Waals surface area contributed by atoms with Crippen LogP contribution in [0, 0.1) is 0 Å². The quantitative estimate of drug-likeness (QED) is 0.550. The summed E-state index contributed by atoms with van der Waals surface area (Å²) in [4.78, 5) is 0. The van der Waals surface area contributed by atoms with Crippen LogP contribution < -0.4 is 0 Å². The molecule has 8 heavy (non-hydrogen) atoms. The maximum absolute atomic E-state index is 2.69. The monoisotopic (exact) mass is 288 g/mol. The van der Waals surface area contributed by atoms with Crippen LogP contribution in [0.3, 0.4) is 0 Å². The molecule has 0 amide bonds. The first-order valence-corrected chi connectivity index (χ1v) is 11.6. The van der Waals surface area contributed by atoms with E-state index in [0.29, 0.717) is 0 Å². The molecule has 0 nitrogen and oxygen atoms in total. The van der Waals surface area contributed by atoms with Crippen LogP contribution in [0.5, 0.6) is 0 Å². The predicted molar refractivity (Wildman–Crippen MR) is 50.0 cm³/mol. The van der Waals surface area contributed by atoms with Gasteiger partial charge in [-0.3, -0.25) is 0 Å². The summed E-state index contributed by atoms with van der Waals surface area (Å²) in [5.74, 6) is 0. The average Bonchev–Trinajstić information content (AvgIpc) is 1.68. The van der Waals surface area contributed by atoms with Crippen molar-refractivity contribution in [2.24, 2.45) is 0 Å². The molecule has 0 aromatic heterocycles. The van der Waals surface area contributed by atoms with Gasteiger partial charge in [0.25, 0.3) is 0 Å². The molecular formula is C6H14AsI. The summed E-state index contributed by atoms with van der Waals surface area (Å²) in [6, 6.07) is 0. The Balaban J connectivity index is 2.92. The molecule has 0 saturated heterocycles. The molecule has 0 fully saturated rings. The minimum absolute atomic E-state index is 0.290. The molecule has 0 aromatic rings. The van der Waals surface area contributed by atoms with Gasteiger partial charge < -0.3 is 0 Å². The van der Waals surface area contributed by atoms with E-state index >= 15 is 0 Å². The van der Waals surface area contributed by atoms with E-state index in [1.54, 1.807) is 10.4 Å². The number of hydrogen-bond acceptors (Lipinski definition) is 0. The Labute approximate surface area is 68.2 Å². The second kappa shape index (κ2) is 6.41. The Bertz CT molecular complexity index is 41.8. The summed E-state index contributed by atoms with van der Waals surface area (Å²) in [7, 11) is 0. The van der Waals surface area contributed by atoms with Gasteiger partial charge in [0.1, 0.15) is 0 Å². The third kappa shape index (κ3) is 5.43. The Morgan fingerprint density at radius 2 is 1.50 bits per heavy atom. The van der Waals surface area contributed by atoms with Gasteiger partial charge in [0.15, 0.2) is 0 Å². The zero-order chi connectivity index (χ0) is 6.41. The van der Waals surface area contributed by atoms with Crippen molar-refractivity contribution in [1.29, 1.82) is 0 Å². The fourth-order valence-electron chi connectivity index (χ4n) is 0.597. The summed E-state index contributed by atoms with van der Waals surface area (Å²) in [6.45, 7) is 4.58. The molecule has 0 aromatic carbocycles. The molecule has 0 aliphatic rings. The van der Waals surface area contributed by atoms with Crippen molar-refractivity contribution in [3.8, 4) is 0 Å². The van der Waals surface area contributed by atoms with Crippen molar-refractivity contribution in [2.75, 3.05) is 0 Å². The van der Waals surface area contributed by atoms with Crippen LogP contribution in [-0.2, 0) is 0 Å². The van der Waals surface area contributed by atoms with Crippen LogP contribution in [0.25, 0.3) is 0 Å². The molecule has 50 valence electrons. The van der Waals surface area contributed by atoms with Gasteiger partial charge in [0.2, 0.25) is 0 Å². The summed E-state index contributed by atoms with van der Waals surface area (Å²) in [5.41, 5.74) is 0. The molecule has 2 heteroatoms. The second-order valence-corrected chi connectivity index (χ2v) is 12.8. The van der Waals surface area contributed by atoms with Gasteiger partial charge in [-0.1, -0.05) is 0 Å². The topological polar surface area (TPSA) is 0 Å². The van der Waals surface area contributed by atoms with Crippen LogP contribution in [0.2, 0.25) is 10.4 Å². The van der Waals surface area contributed by atoms with Gasteiger partial charge in [-0.25, -0.2) is 0 Å². The van der Waals surface area contributed by atoms with Gasteiger partial charge in [0, 0.05) is 0 Å². The predicted octanol–water partition coefficient (Wildman–Crippen LogP) is 3.23. The first kappa shape index (κ1) is 9.29. The SMILES string of the molecule is CCC[As](I)CCC. The van der Waals surface area contributed by atoms with Crippen LogP contribution >= 0.6 is 20.1 Å². The van der Waals surface area contributed by atoms with Crippen molar-refractivity contribution >= 4 is 31.4 Å². The van der Waals surface area contributed by atoms with E-state index in [2.05, 4.69) is 34.0 Å². The van der Waals surface area contributed by atoms with Crippen LogP contribution in [0.1, 0.15) is 26.7 Å². The summed E-state index contributed by atoms with van der Waals surface area (Å²) in [5, 5.41) is 3.09. The molecule has 0 N–H and O–H groups in total. The van der Waals surface area contributed by atoms with Crippen LogP contribution in [0.4, 0.5) is 0 Å². The summed E-state index contributed by atoms with van der Waals surface area (Å²) in [6.07, 6.45) is 2.81. The zero-order valence-electron chi connectivity index (χ0n) is 5.65. The van der Waals surface area contributed by atoms with Gasteiger partial charge in [0.05, 0.1) is 0 Å². The number of hydrogen-bond donors (Lipinski definition) is 0. The number of rotatable bonds is 4. The first-order chi connectivity index (χ1) is 3.81. The Hall–Kier alpha value is 1.29. The fourth-order valence-corrected chi connectivity index (χ4v) is 8.12. The van der Waals surface area contributed by atoms with Crippen molar-refractivity contribution < 1.29 is 0 Å². The van der Waals surface area contributed by atoms with E-state index in [9.17, 15) is 0 Å². The van der Waals surface area contributed by atoms with Crippen molar-refractivity contribution in [2.45, 2.75) is 37.1 Å². The van der Waals surface area contributed by atoms with E-state index in [-0.39, 0.29) is 11.3 Å². The van der Waals surface area contributed by atoms with Crippen molar-refractivity contribution in [3.05, 3.63) is 0 Å². The van der Waals surface area contributed by atoms with Gasteiger partial charge in [-0.15, -0.1) is 0 Å². The first-order valence-electron chi connectivity index (χ1n) is 3.22. The third-order valence-corrected chi connectivity index (χ3v) is 9.86. The summed E-state index contributed by atoms with van der Waals surface area (Å²) >= 11 is 2.40. The molecule has 0 rings (SSSR count). The molecule has 0 aliphatic heterocycles. The fraction of sp³-hybridized carbons (Fsp3) is 1.00. The van der Waals surface area contributed by atoms with Crippen molar-refractivity contribution in [1.82, 2.24) is 0 Å². The maximum atomic E-state index is 2.69. The third-order valence-electron chi connectivity index (χ3n) is 0.932. The average molecular weight is 288 g/mol. The molecule has 0 aliphatic carbocycles. The van der Waals surface area contributed by atoms with Crippen LogP contribution in [-0.4, -0.2) is 11.3 Å². The molecule has 0 atom stereocenters. The normalized spacial score (nSPS) is 10.5. The van der Waals surface area contributed by atoms with E-state index in [1.807, 2.05) is 0 Å². The molecular weight excluding hydrogens is 274 g/mol. The van der Waals surface area contributed by atoms with E-state index in [0.717, 1.165) is 0 Å². The van der Waals surface area contributed by atoms with E-state index in [4.69, 9.17) is 0 Å². The summed E-state index contributed by atoms with van der Waals surface area (Å²) < 4.78 is 0. The Morgan fingerprint density at radius 1 is 1.12 bits per heavy atom. The molecule has 0 radical (unpaired) electrons. The minimum atomic E-state index is -0.290. The van der Waals surface area contributed by atoms with Crippen LogP contribution in [0.15, 0.2) is 0 Å². The number of halogens is 1. The second-order valence-electron chi connectivity index (χ2n) is 1.91. The zero-order valence-corrected chi connectivity index (χ0v) is 9.69. The molecule has 0 unspecified atom stereocenters. The molecule has 0 heterocycles. The van der Waals surface area contributed by atoms with Gasteiger partial charge in [-0.2, -0.15) is 0 Å². The van der Waals surface area contributed by atoms with Crippen molar-refractivity contribution in [3.63, 3.8) is 0 Å². The van der Waals surface area contributed by atoms with E-state index in [1.165, 1.54) is 12.8 Å². The van der Waals surface area contributed by atoms with Gasteiger partial charge in [-0.05, 0) is 0 Å². The standard InChI is InChI=1S/C6H14AsI/c1-3-5-7(8)6-4-2/h3-6H2,1-2H3. The molecule has 0 spiro atoms. The van der Waals surface area contributed by atoms with E-state index < -0.39 is 0 Å². The Kier molecular flexibility index (Phi) is 7.44. The Morgan fingerprint density at radius 3 is 1.75 bits per heavy atom.